The number of nitrogens with zero attached hydrogens (tertiary/aromatic N) is 3. The summed E-state index contributed by atoms with van der Waals surface area (Å²) in [5, 5.41) is 7.08. The summed E-state index contributed by atoms with van der Waals surface area (Å²) in [5.74, 6) is -1.53. The molecule has 30 heavy (non-hydrogen) atoms. The van der Waals surface area contributed by atoms with E-state index >= 15 is 0 Å². The summed E-state index contributed by atoms with van der Waals surface area (Å²) in [6.07, 6.45) is -0.343. The highest BCUT2D eigenvalue weighted by Crippen LogP contribution is 2.25. The Labute approximate surface area is 178 Å². The molecule has 1 aromatic rings. The first-order valence-corrected chi connectivity index (χ1v) is 10.9. The third-order valence-electron chi connectivity index (χ3n) is 4.72. The second-order valence-corrected chi connectivity index (χ2v) is 8.52. The molecule has 0 amide bonds. The smallest absolute Gasteiger partial charge is 0.313 e. The van der Waals surface area contributed by atoms with Gasteiger partial charge in [-0.15, -0.1) is 0 Å². The summed E-state index contributed by atoms with van der Waals surface area (Å²) < 4.78 is 47.9. The lowest BCUT2D eigenvalue weighted by atomic mass is 10.1. The van der Waals surface area contributed by atoms with Crippen LogP contribution in [0.25, 0.3) is 0 Å². The van der Waals surface area contributed by atoms with E-state index in [9.17, 15) is 17.6 Å². The van der Waals surface area contributed by atoms with Gasteiger partial charge in [-0.25, -0.2) is 4.39 Å². The maximum atomic E-state index is 14.9. The molecule has 0 aliphatic carbocycles. The van der Waals surface area contributed by atoms with Crippen molar-refractivity contribution in [3.05, 3.63) is 29.6 Å². The lowest BCUT2D eigenvalue weighted by Gasteiger charge is -2.37. The summed E-state index contributed by atoms with van der Waals surface area (Å²) in [6, 6.07) is 4.79. The molecule has 170 valence electrons. The fraction of sp³-hybridized carbons (Fsp3) is 0.579. The Morgan fingerprint density at radius 2 is 1.83 bits per heavy atom. The average molecular weight is 446 g/mol. The van der Waals surface area contributed by atoms with Crippen LogP contribution in [-0.2, 0) is 26.3 Å². The number of benzene rings is 1. The van der Waals surface area contributed by atoms with Crippen molar-refractivity contribution in [1.29, 1.82) is 5.41 Å². The third kappa shape index (κ3) is 6.13. The number of hydrogen-bond donors (Lipinski definition) is 2. The zero-order chi connectivity index (χ0) is 21.6. The number of nitrogens with two attached hydrogens (primary N) is 1. The maximum Gasteiger partial charge on any atom is 0.313 e. The van der Waals surface area contributed by atoms with Gasteiger partial charge in [-0.05, 0) is 6.07 Å². The Bertz CT molecular complexity index is 837. The number of rotatable bonds is 9. The minimum absolute atomic E-state index is 0. The van der Waals surface area contributed by atoms with Crippen molar-refractivity contribution in [1.82, 2.24) is 8.61 Å². The quantitative estimate of drug-likeness (QED) is 0.338. The van der Waals surface area contributed by atoms with E-state index in [4.69, 9.17) is 15.9 Å². The van der Waals surface area contributed by atoms with E-state index in [1.54, 1.807) is 30.9 Å². The number of nitrogens with one attached hydrogen (secondary N) is 1. The standard InChI is InChI=1S/C18H28FN5O4S.CH4/c1-3-23(4-2)29(26,27)24-10-8-22(9-11-24)15-7-5-6-14(18(15)19)13-28-17(25)12-16(20)21;/h5-7H,3-4,8-13H2,1-2H3,(H3,20,21);1H4. The van der Waals surface area contributed by atoms with Gasteiger partial charge >= 0.3 is 5.97 Å². The lowest BCUT2D eigenvalue weighted by Crippen LogP contribution is -2.53. The van der Waals surface area contributed by atoms with Crippen LogP contribution in [-0.4, -0.2) is 68.1 Å². The number of ether oxygens (including phenoxy) is 1. The van der Waals surface area contributed by atoms with E-state index in [-0.39, 0.29) is 44.9 Å². The minimum Gasteiger partial charge on any atom is -0.460 e. The summed E-state index contributed by atoms with van der Waals surface area (Å²) in [7, 11) is -3.52. The topological polar surface area (TPSA) is 120 Å². The highest BCUT2D eigenvalue weighted by Gasteiger charge is 2.31. The highest BCUT2D eigenvalue weighted by atomic mass is 32.2. The Balaban J connectivity index is 0.00000450. The van der Waals surface area contributed by atoms with Gasteiger partial charge in [-0.2, -0.15) is 17.0 Å². The Morgan fingerprint density at radius 1 is 1.23 bits per heavy atom. The molecular formula is C19H32FN5O4S. The van der Waals surface area contributed by atoms with Gasteiger partial charge in [0, 0.05) is 44.8 Å². The van der Waals surface area contributed by atoms with Crippen LogP contribution in [0.4, 0.5) is 10.1 Å². The van der Waals surface area contributed by atoms with Gasteiger partial charge in [0.2, 0.25) is 0 Å². The van der Waals surface area contributed by atoms with Crippen LogP contribution in [0.3, 0.4) is 0 Å². The van der Waals surface area contributed by atoms with E-state index < -0.39 is 22.0 Å². The molecule has 0 bridgehead atoms. The van der Waals surface area contributed by atoms with Crippen molar-refractivity contribution >= 4 is 27.7 Å². The normalized spacial score (nSPS) is 15.0. The van der Waals surface area contributed by atoms with Crippen molar-refractivity contribution in [2.75, 3.05) is 44.2 Å². The molecule has 1 aliphatic rings. The van der Waals surface area contributed by atoms with E-state index in [0.717, 1.165) is 0 Å². The van der Waals surface area contributed by atoms with Gasteiger partial charge in [0.1, 0.15) is 18.9 Å². The highest BCUT2D eigenvalue weighted by molar-refractivity contribution is 7.86. The number of anilines is 1. The molecule has 1 heterocycles. The summed E-state index contributed by atoms with van der Waals surface area (Å²) in [5.41, 5.74) is 5.69. The van der Waals surface area contributed by atoms with Crippen LogP contribution in [0.5, 0.6) is 0 Å². The van der Waals surface area contributed by atoms with Crippen molar-refractivity contribution in [3.63, 3.8) is 0 Å². The molecule has 2 rings (SSSR count). The molecule has 1 fully saturated rings. The Morgan fingerprint density at radius 3 is 2.37 bits per heavy atom. The summed E-state index contributed by atoms with van der Waals surface area (Å²) in [6.45, 7) is 5.35. The number of hydrogen-bond acceptors (Lipinski definition) is 6. The van der Waals surface area contributed by atoms with E-state index in [1.165, 1.54) is 14.7 Å². The van der Waals surface area contributed by atoms with Gasteiger partial charge in [0.15, 0.2) is 5.82 Å². The van der Waals surface area contributed by atoms with Crippen LogP contribution in [0.1, 0.15) is 33.3 Å². The zero-order valence-corrected chi connectivity index (χ0v) is 17.5. The monoisotopic (exact) mass is 445 g/mol. The van der Waals surface area contributed by atoms with Crippen molar-refractivity contribution < 1.29 is 22.3 Å². The third-order valence-corrected chi connectivity index (χ3v) is 6.91. The number of piperazine rings is 1. The number of esters is 1. The molecular weight excluding hydrogens is 413 g/mol. The molecule has 0 unspecified atom stereocenters. The first-order valence-electron chi connectivity index (χ1n) is 9.46. The van der Waals surface area contributed by atoms with E-state index in [0.29, 0.717) is 31.9 Å². The Kier molecular flexibility index (Phi) is 9.66. The largest absolute Gasteiger partial charge is 0.460 e. The van der Waals surface area contributed by atoms with Gasteiger partial charge in [-0.3, -0.25) is 10.2 Å². The molecule has 3 N–H and O–H groups in total. The van der Waals surface area contributed by atoms with Gasteiger partial charge in [-0.1, -0.05) is 33.4 Å². The fourth-order valence-electron chi connectivity index (χ4n) is 3.16. The van der Waals surface area contributed by atoms with Crippen LogP contribution >= 0.6 is 0 Å². The molecule has 0 radical (unpaired) electrons. The van der Waals surface area contributed by atoms with Crippen molar-refractivity contribution in [2.24, 2.45) is 5.73 Å². The predicted molar refractivity (Wildman–Crippen MR) is 115 cm³/mol. The van der Waals surface area contributed by atoms with Gasteiger partial charge in [0.25, 0.3) is 10.2 Å². The molecule has 0 atom stereocenters. The molecule has 1 aromatic carbocycles. The second kappa shape index (κ2) is 11.2. The maximum absolute atomic E-state index is 14.9. The van der Waals surface area contributed by atoms with Crippen LogP contribution in [0.15, 0.2) is 18.2 Å². The summed E-state index contributed by atoms with van der Waals surface area (Å²) >= 11 is 0. The lowest BCUT2D eigenvalue weighted by molar-refractivity contribution is -0.143. The van der Waals surface area contributed by atoms with Gasteiger partial charge < -0.3 is 15.4 Å². The fourth-order valence-corrected chi connectivity index (χ4v) is 4.76. The van der Waals surface area contributed by atoms with Crippen molar-refractivity contribution in [2.45, 2.75) is 34.3 Å². The molecule has 1 aliphatic heterocycles. The predicted octanol–water partition coefficient (Wildman–Crippen LogP) is 1.54. The molecule has 1 saturated heterocycles. The number of halogens is 1. The van der Waals surface area contributed by atoms with Crippen LogP contribution in [0.2, 0.25) is 0 Å². The minimum atomic E-state index is -3.52. The van der Waals surface area contributed by atoms with Crippen LogP contribution < -0.4 is 10.6 Å². The number of amidine groups is 1. The SMILES string of the molecule is C.CCN(CC)S(=O)(=O)N1CCN(c2cccc(COC(=O)CC(=N)N)c2F)CC1. The molecule has 0 aromatic heterocycles. The van der Waals surface area contributed by atoms with Crippen molar-refractivity contribution in [3.8, 4) is 0 Å². The van der Waals surface area contributed by atoms with Crippen LogP contribution in [0, 0.1) is 11.2 Å². The first-order chi connectivity index (χ1) is 13.7. The molecule has 11 heteroatoms. The van der Waals surface area contributed by atoms with E-state index in [1.807, 2.05) is 0 Å². The van der Waals surface area contributed by atoms with E-state index in [2.05, 4.69) is 0 Å². The second-order valence-electron chi connectivity index (χ2n) is 6.59. The summed E-state index contributed by atoms with van der Waals surface area (Å²) in [4.78, 5) is 13.3. The molecule has 0 saturated carbocycles. The average Bonchev–Trinajstić information content (AvgIpc) is 2.67. The molecule has 9 nitrogen and oxygen atoms in total. The number of carbonyl (C=O) groups excluding carboxylic acids is 1. The zero-order valence-electron chi connectivity index (χ0n) is 16.7. The molecule has 0 spiro atoms. The number of carbonyl (C=O) groups is 1. The Hall–Kier alpha value is -2.24. The van der Waals surface area contributed by atoms with Gasteiger partial charge in [0.05, 0.1) is 5.69 Å². The first kappa shape index (κ1) is 25.8.